The van der Waals surface area contributed by atoms with Crippen molar-refractivity contribution in [2.24, 2.45) is 11.3 Å². The summed E-state index contributed by atoms with van der Waals surface area (Å²) in [6.07, 6.45) is 2.90. The van der Waals surface area contributed by atoms with E-state index in [2.05, 4.69) is 0 Å². The average Bonchev–Trinajstić information content (AvgIpc) is 2.49. The Morgan fingerprint density at radius 2 is 1.68 bits per heavy atom. The number of amides is 1. The number of hydrogen-bond acceptors (Lipinski definition) is 4. The van der Waals surface area contributed by atoms with Crippen LogP contribution in [0.3, 0.4) is 0 Å². The monoisotopic (exact) mass is 353 g/mol. The normalized spacial score (nSPS) is 19.0. The Kier molecular flexibility index (Phi) is 7.79. The molecule has 0 N–H and O–H groups in total. The van der Waals surface area contributed by atoms with Crippen LogP contribution in [-0.4, -0.2) is 47.7 Å². The average molecular weight is 354 g/mol. The third-order valence-electron chi connectivity index (χ3n) is 4.46. The highest BCUT2D eigenvalue weighted by Crippen LogP contribution is 2.22. The Labute approximate surface area is 152 Å². The number of carbonyl (C=O) groups excluding carboxylic acids is 3. The molecule has 0 aromatic carbocycles. The van der Waals surface area contributed by atoms with Crippen LogP contribution in [0.2, 0.25) is 0 Å². The van der Waals surface area contributed by atoms with E-state index in [1.54, 1.807) is 0 Å². The molecule has 1 rings (SSSR count). The minimum Gasteiger partial charge on any atom is -0.368 e. The van der Waals surface area contributed by atoms with Gasteiger partial charge in [0.2, 0.25) is 5.91 Å². The highest BCUT2D eigenvalue weighted by Gasteiger charge is 2.27. The van der Waals surface area contributed by atoms with E-state index in [4.69, 9.17) is 4.74 Å². The number of carbonyl (C=O) groups is 3. The first-order valence-electron chi connectivity index (χ1n) is 9.35. The van der Waals surface area contributed by atoms with Crippen LogP contribution in [0.15, 0.2) is 0 Å². The van der Waals surface area contributed by atoms with Crippen LogP contribution in [0, 0.1) is 11.3 Å². The molecule has 0 bridgehead atoms. The molecular formula is C20H35NO4. The van der Waals surface area contributed by atoms with Crippen molar-refractivity contribution in [3.63, 3.8) is 0 Å². The lowest BCUT2D eigenvalue weighted by Crippen LogP contribution is -2.41. The maximum Gasteiger partial charge on any atom is 0.223 e. The van der Waals surface area contributed by atoms with E-state index in [0.29, 0.717) is 19.4 Å². The van der Waals surface area contributed by atoms with Gasteiger partial charge in [-0.1, -0.05) is 20.8 Å². The fourth-order valence-electron chi connectivity index (χ4n) is 2.89. The van der Waals surface area contributed by atoms with Gasteiger partial charge in [-0.2, -0.15) is 0 Å². The van der Waals surface area contributed by atoms with Gasteiger partial charge in [0.05, 0.1) is 5.60 Å². The fourth-order valence-corrected chi connectivity index (χ4v) is 2.89. The smallest absolute Gasteiger partial charge is 0.223 e. The second-order valence-electron chi connectivity index (χ2n) is 9.17. The molecule has 1 heterocycles. The summed E-state index contributed by atoms with van der Waals surface area (Å²) in [5.74, 6) is 0.439. The molecule has 1 unspecified atom stereocenters. The lowest BCUT2D eigenvalue weighted by Gasteiger charge is -2.33. The summed E-state index contributed by atoms with van der Waals surface area (Å²) in [6, 6.07) is 0. The van der Waals surface area contributed by atoms with Crippen molar-refractivity contribution in [1.29, 1.82) is 0 Å². The van der Waals surface area contributed by atoms with Crippen molar-refractivity contribution in [1.82, 2.24) is 4.90 Å². The number of ketones is 2. The lowest BCUT2D eigenvalue weighted by molar-refractivity contribution is -0.137. The molecule has 1 fully saturated rings. The van der Waals surface area contributed by atoms with Crippen molar-refractivity contribution in [3.05, 3.63) is 0 Å². The van der Waals surface area contributed by atoms with Gasteiger partial charge in [0.15, 0.2) is 5.78 Å². The first kappa shape index (κ1) is 21.8. The molecule has 1 aliphatic heterocycles. The molecule has 5 heteroatoms. The summed E-state index contributed by atoms with van der Waals surface area (Å²) in [4.78, 5) is 38.3. The van der Waals surface area contributed by atoms with Gasteiger partial charge >= 0.3 is 0 Å². The first-order chi connectivity index (χ1) is 11.4. The van der Waals surface area contributed by atoms with Crippen molar-refractivity contribution >= 4 is 17.5 Å². The molecular weight excluding hydrogens is 318 g/mol. The number of piperidine rings is 1. The third-order valence-corrected chi connectivity index (χ3v) is 4.46. The molecule has 144 valence electrons. The van der Waals surface area contributed by atoms with Crippen LogP contribution in [0.5, 0.6) is 0 Å². The Morgan fingerprint density at radius 3 is 2.24 bits per heavy atom. The van der Waals surface area contributed by atoms with E-state index in [-0.39, 0.29) is 42.0 Å². The molecule has 25 heavy (non-hydrogen) atoms. The molecule has 0 aliphatic carbocycles. The van der Waals surface area contributed by atoms with Crippen LogP contribution < -0.4 is 0 Å². The van der Waals surface area contributed by atoms with Crippen LogP contribution in [-0.2, 0) is 19.1 Å². The van der Waals surface area contributed by atoms with Crippen LogP contribution >= 0.6 is 0 Å². The highest BCUT2D eigenvalue weighted by atomic mass is 16.5. The molecule has 1 amide bonds. The maximum atomic E-state index is 12.4. The zero-order valence-corrected chi connectivity index (χ0v) is 16.8. The quantitative estimate of drug-likeness (QED) is 0.704. The van der Waals surface area contributed by atoms with Crippen molar-refractivity contribution in [3.8, 4) is 0 Å². The molecule has 1 atom stereocenters. The van der Waals surface area contributed by atoms with Crippen molar-refractivity contribution < 1.29 is 19.1 Å². The van der Waals surface area contributed by atoms with Crippen molar-refractivity contribution in [2.75, 3.05) is 19.7 Å². The Balaban J connectivity index is 2.42. The fraction of sp³-hybridized carbons (Fsp3) is 0.850. The summed E-state index contributed by atoms with van der Waals surface area (Å²) in [5, 5.41) is 0. The summed E-state index contributed by atoms with van der Waals surface area (Å²) in [6.45, 7) is 12.9. The summed E-state index contributed by atoms with van der Waals surface area (Å²) >= 11 is 0. The van der Waals surface area contributed by atoms with E-state index >= 15 is 0 Å². The van der Waals surface area contributed by atoms with E-state index < -0.39 is 5.41 Å². The Bertz CT molecular complexity index is 485. The van der Waals surface area contributed by atoms with Crippen LogP contribution in [0.25, 0.3) is 0 Å². The summed E-state index contributed by atoms with van der Waals surface area (Å²) < 4.78 is 5.54. The Morgan fingerprint density at radius 1 is 1.04 bits per heavy atom. The molecule has 0 radical (unpaired) electrons. The highest BCUT2D eigenvalue weighted by molar-refractivity contribution is 5.88. The van der Waals surface area contributed by atoms with E-state index in [0.717, 1.165) is 19.4 Å². The number of Topliss-reactive ketones (excluding diaryl/α,β-unsaturated/α-hetero) is 2. The summed E-state index contributed by atoms with van der Waals surface area (Å²) in [7, 11) is 0. The van der Waals surface area contributed by atoms with Gasteiger partial charge in [0.25, 0.3) is 0 Å². The summed E-state index contributed by atoms with van der Waals surface area (Å²) in [5.41, 5.74) is -0.714. The maximum absolute atomic E-state index is 12.4. The molecule has 0 spiro atoms. The van der Waals surface area contributed by atoms with Gasteiger partial charge in [-0.3, -0.25) is 14.4 Å². The van der Waals surface area contributed by atoms with Crippen molar-refractivity contribution in [2.45, 2.75) is 79.2 Å². The topological polar surface area (TPSA) is 63.7 Å². The lowest BCUT2D eigenvalue weighted by atomic mass is 9.88. The predicted molar refractivity (Wildman–Crippen MR) is 98.3 cm³/mol. The van der Waals surface area contributed by atoms with Gasteiger partial charge in [-0.15, -0.1) is 0 Å². The van der Waals surface area contributed by atoms with Gasteiger partial charge < -0.3 is 9.64 Å². The number of hydrogen-bond donors (Lipinski definition) is 0. The zero-order chi connectivity index (χ0) is 19.3. The zero-order valence-electron chi connectivity index (χ0n) is 16.8. The molecule has 0 aromatic heterocycles. The minimum atomic E-state index is -0.399. The predicted octanol–water partition coefficient (Wildman–Crippen LogP) is 3.39. The van der Waals surface area contributed by atoms with Gasteiger partial charge in [-0.05, 0) is 39.5 Å². The van der Waals surface area contributed by atoms with E-state index in [1.165, 1.54) is 0 Å². The van der Waals surface area contributed by atoms with E-state index in [9.17, 15) is 14.4 Å². The molecule has 1 aliphatic rings. The first-order valence-corrected chi connectivity index (χ1v) is 9.35. The van der Waals surface area contributed by atoms with Gasteiger partial charge in [-0.25, -0.2) is 0 Å². The SMILES string of the molecule is CC(C)(C)OCC(=O)CC1CCCN(C(=O)CCC(=O)C(C)(C)C)C1. The second kappa shape index (κ2) is 8.93. The third kappa shape index (κ3) is 8.61. The minimum absolute atomic E-state index is 0.0284. The van der Waals surface area contributed by atoms with Crippen LogP contribution in [0.4, 0.5) is 0 Å². The Hall–Kier alpha value is -1.23. The molecule has 0 aromatic rings. The molecule has 5 nitrogen and oxygen atoms in total. The number of rotatable bonds is 7. The number of nitrogens with zero attached hydrogens (tertiary/aromatic N) is 1. The number of ether oxygens (including phenoxy) is 1. The van der Waals surface area contributed by atoms with E-state index in [1.807, 2.05) is 46.4 Å². The molecule has 0 saturated carbocycles. The second-order valence-corrected chi connectivity index (χ2v) is 9.17. The van der Waals surface area contributed by atoms with Crippen LogP contribution in [0.1, 0.15) is 73.6 Å². The largest absolute Gasteiger partial charge is 0.368 e. The van der Waals surface area contributed by atoms with Gasteiger partial charge in [0.1, 0.15) is 12.4 Å². The number of likely N-dealkylation sites (tertiary alicyclic amines) is 1. The standard InChI is InChI=1S/C20H35NO4/c1-19(2,3)17(23)9-10-18(24)21-11-7-8-15(13-21)12-16(22)14-25-20(4,5)6/h15H,7-14H2,1-6H3. The molecule has 1 saturated heterocycles. The van der Waals surface area contributed by atoms with Gasteiger partial charge in [0, 0.05) is 37.8 Å².